The lowest BCUT2D eigenvalue weighted by Gasteiger charge is -2.40. The van der Waals surface area contributed by atoms with Crippen LogP contribution in [0.2, 0.25) is 0 Å². The molecule has 15 heteroatoms. The molecule has 0 spiro atoms. The Morgan fingerprint density at radius 2 is 1.48 bits per heavy atom. The van der Waals surface area contributed by atoms with E-state index in [1.54, 1.807) is 27.2 Å². The summed E-state index contributed by atoms with van der Waals surface area (Å²) in [6, 6.07) is 10.6. The lowest BCUT2D eigenvalue weighted by atomic mass is 9.82. The topological polar surface area (TPSA) is 207 Å². The third-order valence-corrected chi connectivity index (χ3v) is 11.6. The molecule has 9 N–H and O–H groups in total. The maximum atomic E-state index is 13.9. The number of benzene rings is 1. The Labute approximate surface area is 462 Å². The lowest BCUT2D eigenvalue weighted by molar-refractivity contribution is -0.140. The number of likely N-dealkylation sites (tertiary alicyclic amines) is 1. The zero-order chi connectivity index (χ0) is 59.2. The summed E-state index contributed by atoms with van der Waals surface area (Å²) in [6.45, 7) is 38.5. The zero-order valence-electron chi connectivity index (χ0n) is 50.9. The van der Waals surface area contributed by atoms with Crippen LogP contribution in [-0.2, 0) is 31.9 Å². The van der Waals surface area contributed by atoms with Gasteiger partial charge in [-0.3, -0.25) is 9.59 Å². The van der Waals surface area contributed by atoms with E-state index in [4.69, 9.17) is 12.6 Å². The Hall–Kier alpha value is -4.83. The van der Waals surface area contributed by atoms with Crippen LogP contribution in [0.25, 0.3) is 6.08 Å². The molecule has 1 aliphatic heterocycles. The zero-order valence-corrected chi connectivity index (χ0v) is 50.9. The van der Waals surface area contributed by atoms with Crippen LogP contribution >= 0.6 is 0 Å². The maximum Gasteiger partial charge on any atom is 0.223 e. The number of methoxy groups -OCH3 is 1. The molecule has 2 radical (unpaired) electrons. The minimum Gasteiger partial charge on any atom is -0.405 e. The molecule has 7 unspecified atom stereocenters. The van der Waals surface area contributed by atoms with E-state index in [9.17, 15) is 14.4 Å². The summed E-state index contributed by atoms with van der Waals surface area (Å²) in [6.07, 6.45) is 19.2. The monoisotopic (exact) mass is 1050 g/mol. The van der Waals surface area contributed by atoms with Gasteiger partial charge in [-0.15, -0.1) is 6.58 Å². The van der Waals surface area contributed by atoms with Crippen molar-refractivity contribution in [1.29, 1.82) is 0 Å². The Morgan fingerprint density at radius 1 is 0.907 bits per heavy atom. The summed E-state index contributed by atoms with van der Waals surface area (Å²) < 4.78 is 6.10. The molecule has 432 valence electrons. The summed E-state index contributed by atoms with van der Waals surface area (Å²) in [5.41, 5.74) is 17.8. The number of aldehydes is 1. The highest BCUT2D eigenvalue weighted by Gasteiger charge is 2.39. The van der Waals surface area contributed by atoms with Crippen LogP contribution in [0, 0.1) is 23.7 Å². The maximum absolute atomic E-state index is 13.9. The number of likely N-dealkylation sites (N-methyl/N-ethyl adjacent to an activating group) is 2. The summed E-state index contributed by atoms with van der Waals surface area (Å²) in [4.78, 5) is 48.6. The largest absolute Gasteiger partial charge is 0.405 e. The van der Waals surface area contributed by atoms with Gasteiger partial charge in [0.25, 0.3) is 0 Å². The Morgan fingerprint density at radius 3 is 1.88 bits per heavy atom. The molecule has 2 heterocycles. The molecule has 1 fully saturated rings. The number of ether oxygens (including phenoxy) is 1. The highest BCUT2D eigenvalue weighted by Crippen LogP contribution is 2.33. The number of rotatable bonds is 23. The third kappa shape index (κ3) is 43.0. The van der Waals surface area contributed by atoms with Crippen molar-refractivity contribution < 1.29 is 19.1 Å². The Bertz CT molecular complexity index is 1640. The number of carbonyl (C=O) groups is 3. The van der Waals surface area contributed by atoms with Gasteiger partial charge in [-0.2, -0.15) is 0 Å². The van der Waals surface area contributed by atoms with Crippen LogP contribution in [0.4, 0.5) is 5.69 Å². The predicted molar refractivity (Wildman–Crippen MR) is 329 cm³/mol. The minimum atomic E-state index is 0.00463. The van der Waals surface area contributed by atoms with Gasteiger partial charge in [-0.1, -0.05) is 133 Å². The molecule has 1 saturated heterocycles. The first-order chi connectivity index (χ1) is 35.8. The van der Waals surface area contributed by atoms with Crippen LogP contribution in [0.1, 0.15) is 157 Å². The fourth-order valence-electron chi connectivity index (χ4n) is 7.51. The first-order valence-corrected chi connectivity index (χ1v) is 27.4. The fraction of sp³-hybridized carbons (Fsp3) is 0.650. The quantitative estimate of drug-likeness (QED) is 0.0349. The van der Waals surface area contributed by atoms with Gasteiger partial charge in [0.2, 0.25) is 11.8 Å². The second-order valence-corrected chi connectivity index (χ2v) is 18.4. The van der Waals surface area contributed by atoms with E-state index in [0.717, 1.165) is 81.4 Å². The van der Waals surface area contributed by atoms with Crippen molar-refractivity contribution in [3.8, 4) is 0 Å². The number of aromatic nitrogens is 2. The molecule has 1 aliphatic rings. The van der Waals surface area contributed by atoms with Gasteiger partial charge in [0.05, 0.1) is 31.7 Å². The Kier molecular flexibility index (Phi) is 63.5. The molecule has 14 nitrogen and oxygen atoms in total. The second-order valence-electron chi connectivity index (χ2n) is 18.4. The SMILES string of the molecule is C=CCNC.C=CN.C=CN.CCC.CCC.CCC(C)C(C(CC)CC(=O)N1CCCC1C(OC)C(C)CCc1cccc(NC)c1)N(C)C(=O)CCC(C)C.CN.CNC(C)C=O.[B]Cc1cc(C=C)ncn1. The summed E-state index contributed by atoms with van der Waals surface area (Å²) >= 11 is 0. The molecule has 75 heavy (non-hydrogen) atoms. The van der Waals surface area contributed by atoms with Crippen LogP contribution < -0.4 is 33.2 Å². The molecule has 2 amide bonds. The molecule has 0 bridgehead atoms. The number of aryl methyl sites for hydroxylation is 1. The molecular formula is C60H115BN10O4. The fourth-order valence-corrected chi connectivity index (χ4v) is 7.51. The first-order valence-electron chi connectivity index (χ1n) is 27.4. The number of nitrogens with two attached hydrogens (primary N) is 3. The average molecular weight is 1050 g/mol. The lowest BCUT2D eigenvalue weighted by Crippen LogP contribution is -2.49. The third-order valence-electron chi connectivity index (χ3n) is 11.6. The van der Waals surface area contributed by atoms with E-state index in [1.807, 2.05) is 38.2 Å². The van der Waals surface area contributed by atoms with Crippen molar-refractivity contribution >= 4 is 37.7 Å². The standard InChI is InChI=1S/C34H59N3O3.C7H7BN2.C4H9NO.C4H9N.2C3H8.2C2H5N.CH5N/c1-10-25(5)33(36(8)31(38)20-17-24(3)4)28(11-2)23-32(39)37-21-13-16-30(37)34(40-9)26(6)18-19-27-14-12-15-29(22-27)35-7;1-2-6-3-7(4-8)10-5-9-6;1-4(3-6)5-2;1-3-4-5-2;2*1-3-2;2*1-2-3;1-2/h12,14-15,22,24-26,28,30,33-35H,10-11,13,16-21,23H2,1-9H3;2-3,5H,1,4H2;3-5H,1-2H3;3,5H,1,4H2,2H3;2*3H2,1-2H3;2*2H,1,3H2;2H2,1H3. The second kappa shape index (κ2) is 58.4. The first kappa shape index (κ1) is 81.5. The number of hydrogen-bond acceptors (Lipinski definition) is 12. The summed E-state index contributed by atoms with van der Waals surface area (Å²) in [5.74, 6) is 1.76. The van der Waals surface area contributed by atoms with Gasteiger partial charge < -0.3 is 52.5 Å². The van der Waals surface area contributed by atoms with Crippen molar-refractivity contribution in [2.24, 2.45) is 40.9 Å². The van der Waals surface area contributed by atoms with E-state index < -0.39 is 0 Å². The van der Waals surface area contributed by atoms with Crippen LogP contribution in [0.3, 0.4) is 0 Å². The summed E-state index contributed by atoms with van der Waals surface area (Å²) in [7, 11) is 16.2. The number of amides is 2. The van der Waals surface area contributed by atoms with E-state index in [-0.39, 0.29) is 42.0 Å². The molecule has 0 aliphatic carbocycles. The van der Waals surface area contributed by atoms with Gasteiger partial charge >= 0.3 is 0 Å². The van der Waals surface area contributed by atoms with Crippen molar-refractivity contribution in [1.82, 2.24) is 30.4 Å². The van der Waals surface area contributed by atoms with Gasteiger partial charge in [-0.25, -0.2) is 9.97 Å². The van der Waals surface area contributed by atoms with E-state index in [0.29, 0.717) is 36.9 Å². The molecule has 1 aromatic carbocycles. The van der Waals surface area contributed by atoms with E-state index >= 15 is 0 Å². The van der Waals surface area contributed by atoms with Crippen molar-refractivity contribution in [3.05, 3.63) is 98.4 Å². The Balaban J connectivity index is -0.000000272. The number of anilines is 1. The van der Waals surface area contributed by atoms with Crippen LogP contribution in [-0.4, -0.2) is 125 Å². The summed E-state index contributed by atoms with van der Waals surface area (Å²) in [5, 5.41) is 8.87. The van der Waals surface area contributed by atoms with Gasteiger partial charge in [0, 0.05) is 64.6 Å². The molecule has 7 atom stereocenters. The molecule has 3 rings (SSSR count). The number of nitrogens with zero attached hydrogens (tertiary/aromatic N) is 4. The van der Waals surface area contributed by atoms with Crippen molar-refractivity contribution in [2.75, 3.05) is 60.8 Å². The molecule has 0 saturated carbocycles. The van der Waals surface area contributed by atoms with Gasteiger partial charge in [-0.05, 0) is 132 Å². The molecule has 1 aromatic heterocycles. The molecule has 2 aromatic rings. The minimum absolute atomic E-state index is 0.00463. The number of hydrogen-bond donors (Lipinski definition) is 6. The average Bonchev–Trinajstić information content (AvgIpc) is 3.91. The van der Waals surface area contributed by atoms with Crippen LogP contribution in [0.5, 0.6) is 0 Å². The van der Waals surface area contributed by atoms with E-state index in [1.165, 1.54) is 44.2 Å². The van der Waals surface area contributed by atoms with Gasteiger partial charge in [0.1, 0.15) is 12.6 Å². The smallest absolute Gasteiger partial charge is 0.223 e. The molecular weight excluding hydrogens is 936 g/mol. The normalized spacial score (nSPS) is 14.0. The number of nitrogens with one attached hydrogen (secondary N) is 3. The number of carbonyl (C=O) groups excluding carboxylic acids is 3. The van der Waals surface area contributed by atoms with E-state index in [2.05, 4.69) is 168 Å². The van der Waals surface area contributed by atoms with Gasteiger partial charge in [0.15, 0.2) is 0 Å². The predicted octanol–water partition coefficient (Wildman–Crippen LogP) is 10.6. The highest BCUT2D eigenvalue weighted by molar-refractivity contribution is 6.08. The van der Waals surface area contributed by atoms with Crippen molar-refractivity contribution in [3.63, 3.8) is 0 Å². The highest BCUT2D eigenvalue weighted by atomic mass is 16.5. The van der Waals surface area contributed by atoms with Crippen LogP contribution in [0.15, 0.2) is 81.5 Å². The van der Waals surface area contributed by atoms with Crippen molar-refractivity contribution in [2.45, 2.75) is 177 Å².